The highest BCUT2D eigenvalue weighted by Crippen LogP contribution is 2.39. The molecule has 5 heteroatoms. The van der Waals surface area contributed by atoms with Crippen LogP contribution in [0.1, 0.15) is 19.3 Å². The Labute approximate surface area is 87.7 Å². The van der Waals surface area contributed by atoms with Crippen LogP contribution in [-0.2, 0) is 9.59 Å². The van der Waals surface area contributed by atoms with Gasteiger partial charge in [0.15, 0.2) is 0 Å². The van der Waals surface area contributed by atoms with Crippen LogP contribution in [0.4, 0.5) is 0 Å². The highest BCUT2D eigenvalue weighted by atomic mass is 16.4. The number of aliphatic carboxylic acids is 1. The lowest BCUT2D eigenvalue weighted by Crippen LogP contribution is -2.59. The van der Waals surface area contributed by atoms with Gasteiger partial charge in [0.05, 0.1) is 12.5 Å². The molecule has 15 heavy (non-hydrogen) atoms. The molecule has 84 valence electrons. The van der Waals surface area contributed by atoms with Gasteiger partial charge in [-0.1, -0.05) is 0 Å². The third-order valence-corrected chi connectivity index (χ3v) is 3.39. The maximum Gasteiger partial charge on any atom is 0.303 e. The zero-order valence-electron chi connectivity index (χ0n) is 8.43. The molecule has 2 heterocycles. The molecule has 1 amide bonds. The summed E-state index contributed by atoms with van der Waals surface area (Å²) in [6, 6.07) is 0. The van der Waals surface area contributed by atoms with E-state index in [0.717, 1.165) is 6.42 Å². The fraction of sp³-hybridized carbons (Fsp3) is 0.800. The molecule has 3 aliphatic rings. The number of piperidine rings is 2. The first-order chi connectivity index (χ1) is 7.08. The monoisotopic (exact) mass is 213 g/mol. The van der Waals surface area contributed by atoms with Gasteiger partial charge in [-0.25, -0.2) is 0 Å². The van der Waals surface area contributed by atoms with Crippen LogP contribution in [-0.4, -0.2) is 46.2 Å². The molecule has 2 saturated heterocycles. The number of aliphatic hydroxyl groups is 1. The standard InChI is InChI=1S/C10H15NO4/c12-8(1-2-9(13)14)11-4-6-3-7(5-11)10(6)15/h6-7,10,15H,1-5H2,(H,13,14). The topological polar surface area (TPSA) is 77.8 Å². The van der Waals surface area contributed by atoms with E-state index < -0.39 is 5.97 Å². The van der Waals surface area contributed by atoms with Gasteiger partial charge >= 0.3 is 5.97 Å². The van der Waals surface area contributed by atoms with Crippen molar-refractivity contribution in [3.63, 3.8) is 0 Å². The lowest BCUT2D eigenvalue weighted by atomic mass is 9.68. The molecule has 0 aromatic carbocycles. The van der Waals surface area contributed by atoms with Gasteiger partial charge in [-0.2, -0.15) is 0 Å². The molecule has 1 aliphatic carbocycles. The average molecular weight is 213 g/mol. The highest BCUT2D eigenvalue weighted by molar-refractivity contribution is 5.80. The smallest absolute Gasteiger partial charge is 0.303 e. The van der Waals surface area contributed by atoms with E-state index >= 15 is 0 Å². The third kappa shape index (κ3) is 1.97. The lowest BCUT2D eigenvalue weighted by molar-refractivity contribution is -0.152. The van der Waals surface area contributed by atoms with Crippen LogP contribution in [0.25, 0.3) is 0 Å². The molecular formula is C10H15NO4. The van der Waals surface area contributed by atoms with Gasteiger partial charge in [-0.3, -0.25) is 9.59 Å². The van der Waals surface area contributed by atoms with Gasteiger partial charge < -0.3 is 15.1 Å². The van der Waals surface area contributed by atoms with Crippen LogP contribution in [0.3, 0.4) is 0 Å². The van der Waals surface area contributed by atoms with E-state index in [1.54, 1.807) is 4.90 Å². The van der Waals surface area contributed by atoms with E-state index in [4.69, 9.17) is 5.11 Å². The predicted octanol–water partition coefficient (Wildman–Crippen LogP) is -0.310. The number of amides is 1. The molecule has 0 aromatic heterocycles. The molecule has 2 N–H and O–H groups in total. The minimum Gasteiger partial charge on any atom is -0.481 e. The number of rotatable bonds is 3. The summed E-state index contributed by atoms with van der Waals surface area (Å²) in [4.78, 5) is 23.5. The molecule has 3 rings (SSSR count). The van der Waals surface area contributed by atoms with Crippen molar-refractivity contribution in [2.45, 2.75) is 25.4 Å². The Balaban J connectivity index is 1.80. The summed E-state index contributed by atoms with van der Waals surface area (Å²) in [7, 11) is 0. The Morgan fingerprint density at radius 2 is 1.80 bits per heavy atom. The number of carbonyl (C=O) groups is 2. The zero-order valence-corrected chi connectivity index (χ0v) is 8.43. The Morgan fingerprint density at radius 1 is 1.20 bits per heavy atom. The summed E-state index contributed by atoms with van der Waals surface area (Å²) in [5.74, 6) is -0.598. The number of hydrogen-bond donors (Lipinski definition) is 2. The van der Waals surface area contributed by atoms with Crippen LogP contribution in [0, 0.1) is 11.8 Å². The SMILES string of the molecule is O=C(O)CCC(=O)N1CC2CC(C1)C2O. The molecule has 2 bridgehead atoms. The maximum atomic E-state index is 11.6. The summed E-state index contributed by atoms with van der Waals surface area (Å²) in [6.07, 6.45) is 0.732. The fourth-order valence-electron chi connectivity index (χ4n) is 2.44. The molecule has 0 radical (unpaired) electrons. The normalized spacial score (nSPS) is 33.4. The summed E-state index contributed by atoms with van der Waals surface area (Å²) in [5, 5.41) is 18.0. The molecule has 0 aromatic rings. The number of carboxylic acid groups (broad SMARTS) is 1. The van der Waals surface area contributed by atoms with Crippen LogP contribution < -0.4 is 0 Å². The van der Waals surface area contributed by atoms with Gasteiger partial charge in [0.25, 0.3) is 0 Å². The summed E-state index contributed by atoms with van der Waals surface area (Å²) >= 11 is 0. The Kier molecular flexibility index (Phi) is 2.65. The molecule has 2 aliphatic heterocycles. The Hall–Kier alpha value is -1.10. The van der Waals surface area contributed by atoms with Crippen molar-refractivity contribution in [3.05, 3.63) is 0 Å². The number of carbonyl (C=O) groups excluding carboxylic acids is 1. The van der Waals surface area contributed by atoms with Crippen molar-refractivity contribution in [1.82, 2.24) is 4.90 Å². The number of aliphatic hydroxyl groups excluding tert-OH is 1. The van der Waals surface area contributed by atoms with Crippen LogP contribution in [0.2, 0.25) is 0 Å². The molecule has 1 saturated carbocycles. The van der Waals surface area contributed by atoms with Crippen molar-refractivity contribution in [2.75, 3.05) is 13.1 Å². The van der Waals surface area contributed by atoms with Gasteiger partial charge in [0.2, 0.25) is 5.91 Å². The molecular weight excluding hydrogens is 198 g/mol. The fourth-order valence-corrected chi connectivity index (χ4v) is 2.44. The first-order valence-corrected chi connectivity index (χ1v) is 5.25. The van der Waals surface area contributed by atoms with Gasteiger partial charge in [0, 0.05) is 31.3 Å². The van der Waals surface area contributed by atoms with Crippen molar-refractivity contribution < 1.29 is 19.8 Å². The van der Waals surface area contributed by atoms with E-state index in [1.807, 2.05) is 0 Å². The second-order valence-corrected chi connectivity index (χ2v) is 4.44. The van der Waals surface area contributed by atoms with Gasteiger partial charge in [0.1, 0.15) is 0 Å². The second kappa shape index (κ2) is 3.81. The van der Waals surface area contributed by atoms with E-state index in [2.05, 4.69) is 0 Å². The third-order valence-electron chi connectivity index (χ3n) is 3.39. The van der Waals surface area contributed by atoms with Gasteiger partial charge in [-0.05, 0) is 6.42 Å². The second-order valence-electron chi connectivity index (χ2n) is 4.44. The largest absolute Gasteiger partial charge is 0.481 e. The highest BCUT2D eigenvalue weighted by Gasteiger charge is 2.46. The molecule has 2 atom stereocenters. The summed E-state index contributed by atoms with van der Waals surface area (Å²) in [5.41, 5.74) is 0. The first-order valence-electron chi connectivity index (χ1n) is 5.25. The maximum absolute atomic E-state index is 11.6. The quantitative estimate of drug-likeness (QED) is 0.674. The first kappa shape index (κ1) is 10.4. The van der Waals surface area contributed by atoms with Crippen molar-refractivity contribution in [1.29, 1.82) is 0 Å². The van der Waals surface area contributed by atoms with Crippen LogP contribution in [0.15, 0.2) is 0 Å². The Morgan fingerprint density at radius 3 is 2.27 bits per heavy atom. The molecule has 3 fully saturated rings. The van der Waals surface area contributed by atoms with Crippen LogP contribution in [0.5, 0.6) is 0 Å². The van der Waals surface area contributed by atoms with E-state index in [1.165, 1.54) is 0 Å². The van der Waals surface area contributed by atoms with Crippen molar-refractivity contribution in [3.8, 4) is 0 Å². The molecule has 0 spiro atoms. The summed E-state index contributed by atoms with van der Waals surface area (Å²) in [6.45, 7) is 1.19. The van der Waals surface area contributed by atoms with E-state index in [9.17, 15) is 14.7 Å². The number of hydrogen-bond acceptors (Lipinski definition) is 3. The number of fused-ring (bicyclic) bond motifs is 2. The minimum atomic E-state index is -0.939. The van der Waals surface area contributed by atoms with Crippen molar-refractivity contribution in [2.24, 2.45) is 11.8 Å². The van der Waals surface area contributed by atoms with E-state index in [0.29, 0.717) is 13.1 Å². The number of carboxylic acids is 1. The zero-order chi connectivity index (χ0) is 11.0. The summed E-state index contributed by atoms with van der Waals surface area (Å²) < 4.78 is 0. The van der Waals surface area contributed by atoms with E-state index in [-0.39, 0.29) is 36.7 Å². The average Bonchev–Trinajstić information content (AvgIpc) is 2.25. The van der Waals surface area contributed by atoms with Crippen molar-refractivity contribution >= 4 is 11.9 Å². The van der Waals surface area contributed by atoms with Gasteiger partial charge in [-0.15, -0.1) is 0 Å². The number of nitrogens with zero attached hydrogens (tertiary/aromatic N) is 1. The molecule has 2 unspecified atom stereocenters. The Bertz CT molecular complexity index is 279. The predicted molar refractivity (Wildman–Crippen MR) is 51.1 cm³/mol. The lowest BCUT2D eigenvalue weighted by Gasteiger charge is -2.51. The minimum absolute atomic E-state index is 0.0743. The van der Waals surface area contributed by atoms with Crippen LogP contribution >= 0.6 is 0 Å². The molecule has 5 nitrogen and oxygen atoms in total.